The van der Waals surface area contributed by atoms with Gasteiger partial charge < -0.3 is 15.9 Å². The number of hydrogen-bond acceptors (Lipinski definition) is 3. The number of aromatic hydroxyl groups is 1. The quantitative estimate of drug-likeness (QED) is 0.675. The maximum absolute atomic E-state index is 10.5. The highest BCUT2D eigenvalue weighted by Crippen LogP contribution is 2.15. The molecule has 0 saturated heterocycles. The molecule has 0 aliphatic rings. The van der Waals surface area contributed by atoms with Crippen molar-refractivity contribution < 1.29 is 15.0 Å². The first-order chi connectivity index (χ1) is 7.11. The molecule has 15 heavy (non-hydrogen) atoms. The molecule has 0 radical (unpaired) electrons. The molecule has 4 nitrogen and oxygen atoms in total. The molecule has 1 aromatic rings. The van der Waals surface area contributed by atoms with Crippen LogP contribution in [-0.2, 0) is 11.2 Å². The average Bonchev–Trinajstić information content (AvgIpc) is 2.19. The van der Waals surface area contributed by atoms with Gasteiger partial charge in [0.15, 0.2) is 0 Å². The van der Waals surface area contributed by atoms with Crippen molar-refractivity contribution in [3.8, 4) is 5.75 Å². The molecule has 0 aromatic heterocycles. The van der Waals surface area contributed by atoms with Crippen LogP contribution in [0.5, 0.6) is 5.75 Å². The molecule has 4 N–H and O–H groups in total. The first-order valence-electron chi connectivity index (χ1n) is 4.81. The third-order valence-electron chi connectivity index (χ3n) is 2.26. The molecule has 0 fully saturated rings. The Balaban J connectivity index is 2.58. The molecule has 1 aromatic carbocycles. The number of benzene rings is 1. The van der Waals surface area contributed by atoms with Crippen molar-refractivity contribution in [3.63, 3.8) is 0 Å². The van der Waals surface area contributed by atoms with Crippen molar-refractivity contribution in [2.45, 2.75) is 12.8 Å². The Bertz CT molecular complexity index is 321. The van der Waals surface area contributed by atoms with Crippen LogP contribution < -0.4 is 5.73 Å². The molecule has 0 aliphatic heterocycles. The second-order valence-corrected chi connectivity index (χ2v) is 3.57. The predicted octanol–water partition coefficient (Wildman–Crippen LogP) is 0.984. The Labute approximate surface area is 88.3 Å². The first-order valence-corrected chi connectivity index (χ1v) is 4.81. The van der Waals surface area contributed by atoms with Gasteiger partial charge in [0.25, 0.3) is 0 Å². The van der Waals surface area contributed by atoms with E-state index >= 15 is 0 Å². The summed E-state index contributed by atoms with van der Waals surface area (Å²) in [4.78, 5) is 10.5. The van der Waals surface area contributed by atoms with Gasteiger partial charge in [0.1, 0.15) is 5.75 Å². The number of phenols is 1. The Morgan fingerprint density at radius 3 is 2.40 bits per heavy atom. The van der Waals surface area contributed by atoms with Crippen LogP contribution in [0.4, 0.5) is 0 Å². The fourth-order valence-electron chi connectivity index (χ4n) is 1.45. The van der Waals surface area contributed by atoms with Gasteiger partial charge in [-0.05, 0) is 36.6 Å². The largest absolute Gasteiger partial charge is 0.508 e. The van der Waals surface area contributed by atoms with E-state index in [2.05, 4.69) is 0 Å². The van der Waals surface area contributed by atoms with E-state index in [0.29, 0.717) is 13.0 Å². The molecular formula is C11H15NO3. The van der Waals surface area contributed by atoms with E-state index in [1.165, 1.54) is 0 Å². The standard InChI is InChI=1S/C11H15NO3/c12-7-9(6-11(14)15)5-8-1-3-10(13)4-2-8/h1-4,9,13H,5-7,12H2,(H,14,15). The number of phenolic OH excluding ortho intramolecular Hbond substituents is 1. The van der Waals surface area contributed by atoms with E-state index in [4.69, 9.17) is 15.9 Å². The predicted molar refractivity (Wildman–Crippen MR) is 56.6 cm³/mol. The van der Waals surface area contributed by atoms with Gasteiger partial charge in [-0.1, -0.05) is 12.1 Å². The lowest BCUT2D eigenvalue weighted by molar-refractivity contribution is -0.138. The molecule has 1 atom stereocenters. The summed E-state index contributed by atoms with van der Waals surface area (Å²) in [5.74, 6) is -0.669. The van der Waals surface area contributed by atoms with Gasteiger partial charge in [0.05, 0.1) is 0 Å². The molecule has 0 saturated carbocycles. The van der Waals surface area contributed by atoms with Crippen molar-refractivity contribution >= 4 is 5.97 Å². The van der Waals surface area contributed by atoms with Crippen LogP contribution in [0.15, 0.2) is 24.3 Å². The van der Waals surface area contributed by atoms with Crippen molar-refractivity contribution in [1.82, 2.24) is 0 Å². The lowest BCUT2D eigenvalue weighted by Crippen LogP contribution is -2.20. The highest BCUT2D eigenvalue weighted by atomic mass is 16.4. The fraction of sp³-hybridized carbons (Fsp3) is 0.364. The van der Waals surface area contributed by atoms with E-state index in [1.54, 1.807) is 24.3 Å². The number of carbonyl (C=O) groups is 1. The average molecular weight is 209 g/mol. The second kappa shape index (κ2) is 5.36. The molecule has 82 valence electrons. The molecule has 0 heterocycles. The summed E-state index contributed by atoms with van der Waals surface area (Å²) in [6.45, 7) is 0.354. The summed E-state index contributed by atoms with van der Waals surface area (Å²) in [6, 6.07) is 6.73. The molecule has 1 unspecified atom stereocenters. The van der Waals surface area contributed by atoms with Crippen molar-refractivity contribution in [3.05, 3.63) is 29.8 Å². The van der Waals surface area contributed by atoms with Crippen LogP contribution in [0.25, 0.3) is 0 Å². The van der Waals surface area contributed by atoms with Crippen molar-refractivity contribution in [1.29, 1.82) is 0 Å². The van der Waals surface area contributed by atoms with Crippen LogP contribution in [0.1, 0.15) is 12.0 Å². The van der Waals surface area contributed by atoms with Crippen LogP contribution in [0.2, 0.25) is 0 Å². The monoisotopic (exact) mass is 209 g/mol. The number of aliphatic carboxylic acids is 1. The molecule has 0 spiro atoms. The maximum atomic E-state index is 10.5. The second-order valence-electron chi connectivity index (χ2n) is 3.57. The SMILES string of the molecule is NCC(CC(=O)O)Cc1ccc(O)cc1. The molecule has 4 heteroatoms. The normalized spacial score (nSPS) is 12.3. The zero-order valence-corrected chi connectivity index (χ0v) is 8.39. The minimum atomic E-state index is -0.829. The summed E-state index contributed by atoms with van der Waals surface area (Å²) >= 11 is 0. The minimum absolute atomic E-state index is 0.0490. The molecule has 0 bridgehead atoms. The fourth-order valence-corrected chi connectivity index (χ4v) is 1.45. The zero-order chi connectivity index (χ0) is 11.3. The minimum Gasteiger partial charge on any atom is -0.508 e. The number of carboxylic acids is 1. The van der Waals surface area contributed by atoms with Crippen LogP contribution >= 0.6 is 0 Å². The van der Waals surface area contributed by atoms with Crippen molar-refractivity contribution in [2.24, 2.45) is 11.7 Å². The van der Waals surface area contributed by atoms with Gasteiger partial charge in [-0.3, -0.25) is 4.79 Å². The Morgan fingerprint density at radius 2 is 1.93 bits per heavy atom. The third-order valence-corrected chi connectivity index (χ3v) is 2.26. The van der Waals surface area contributed by atoms with Gasteiger partial charge in [-0.2, -0.15) is 0 Å². The zero-order valence-electron chi connectivity index (χ0n) is 8.39. The maximum Gasteiger partial charge on any atom is 0.303 e. The molecular weight excluding hydrogens is 194 g/mol. The smallest absolute Gasteiger partial charge is 0.303 e. The van der Waals surface area contributed by atoms with Gasteiger partial charge in [0, 0.05) is 6.42 Å². The number of rotatable bonds is 5. The van der Waals surface area contributed by atoms with E-state index in [-0.39, 0.29) is 18.1 Å². The topological polar surface area (TPSA) is 83.6 Å². The lowest BCUT2D eigenvalue weighted by Gasteiger charge is -2.11. The Hall–Kier alpha value is -1.55. The molecule has 0 aliphatic carbocycles. The van der Waals surface area contributed by atoms with Crippen LogP contribution in [0, 0.1) is 5.92 Å². The number of carboxylic acid groups (broad SMARTS) is 1. The summed E-state index contributed by atoms with van der Waals surface area (Å²) in [7, 11) is 0. The number of nitrogens with two attached hydrogens (primary N) is 1. The Morgan fingerprint density at radius 1 is 1.33 bits per heavy atom. The van der Waals surface area contributed by atoms with Gasteiger partial charge in [0.2, 0.25) is 0 Å². The van der Waals surface area contributed by atoms with E-state index in [9.17, 15) is 4.79 Å². The third kappa shape index (κ3) is 3.99. The highest BCUT2D eigenvalue weighted by Gasteiger charge is 2.11. The number of hydrogen-bond donors (Lipinski definition) is 3. The van der Waals surface area contributed by atoms with Gasteiger partial charge in [-0.25, -0.2) is 0 Å². The van der Waals surface area contributed by atoms with Crippen molar-refractivity contribution in [2.75, 3.05) is 6.54 Å². The Kier molecular flexibility index (Phi) is 4.12. The summed E-state index contributed by atoms with van der Waals surface area (Å²) in [5, 5.41) is 17.7. The first kappa shape index (κ1) is 11.5. The highest BCUT2D eigenvalue weighted by molar-refractivity contribution is 5.67. The van der Waals surface area contributed by atoms with Gasteiger partial charge in [-0.15, -0.1) is 0 Å². The summed E-state index contributed by atoms with van der Waals surface area (Å²) in [5.41, 5.74) is 6.48. The van der Waals surface area contributed by atoms with Crippen LogP contribution in [0.3, 0.4) is 0 Å². The van der Waals surface area contributed by atoms with Crippen LogP contribution in [-0.4, -0.2) is 22.7 Å². The van der Waals surface area contributed by atoms with Gasteiger partial charge >= 0.3 is 5.97 Å². The summed E-state index contributed by atoms with van der Waals surface area (Å²) in [6.07, 6.45) is 0.709. The van der Waals surface area contributed by atoms with E-state index in [1.807, 2.05) is 0 Å². The molecule has 1 rings (SSSR count). The van der Waals surface area contributed by atoms with E-state index < -0.39 is 5.97 Å². The summed E-state index contributed by atoms with van der Waals surface area (Å²) < 4.78 is 0. The molecule has 0 amide bonds. The van der Waals surface area contributed by atoms with E-state index in [0.717, 1.165) is 5.56 Å². The lowest BCUT2D eigenvalue weighted by atomic mass is 9.96.